The Hall–Kier alpha value is -1.71. The van der Waals surface area contributed by atoms with Crippen LogP contribution in [0.2, 0.25) is 0 Å². The van der Waals surface area contributed by atoms with E-state index < -0.39 is 5.82 Å². The van der Waals surface area contributed by atoms with Gasteiger partial charge in [0.1, 0.15) is 23.0 Å². The zero-order chi connectivity index (χ0) is 13.3. The number of rotatable bonds is 3. The maximum Gasteiger partial charge on any atom is 0.149 e. The Morgan fingerprint density at radius 2 is 2.00 bits per heavy atom. The molecule has 2 nitrogen and oxygen atoms in total. The number of halogens is 2. The third kappa shape index (κ3) is 2.03. The topological polar surface area (TPSA) is 24.9 Å². The first kappa shape index (κ1) is 12.7. The summed E-state index contributed by atoms with van der Waals surface area (Å²) in [7, 11) is 1.73. The summed E-state index contributed by atoms with van der Waals surface area (Å²) >= 11 is 0. The monoisotopic (exact) mass is 250 g/mol. The van der Waals surface area contributed by atoms with Gasteiger partial charge < -0.3 is 5.32 Å². The largest absolute Gasteiger partial charge is 0.373 e. The molecule has 0 aliphatic carbocycles. The molecule has 2 rings (SSSR count). The second-order valence-corrected chi connectivity index (χ2v) is 4.38. The number of hydrogen-bond acceptors (Lipinski definition) is 2. The summed E-state index contributed by atoms with van der Waals surface area (Å²) in [5, 5.41) is 3.19. The van der Waals surface area contributed by atoms with Crippen LogP contribution in [-0.2, 0) is 6.42 Å². The number of fused-ring (bicyclic) bond motifs is 1. The van der Waals surface area contributed by atoms with E-state index in [9.17, 15) is 8.78 Å². The SMILES string of the molecule is CCCc1cc2c(F)c(C)cc(F)c2nc1NC. The van der Waals surface area contributed by atoms with Gasteiger partial charge in [-0.1, -0.05) is 13.3 Å². The van der Waals surface area contributed by atoms with E-state index in [1.54, 1.807) is 20.0 Å². The molecule has 96 valence electrons. The van der Waals surface area contributed by atoms with Crippen LogP contribution in [0.15, 0.2) is 12.1 Å². The van der Waals surface area contributed by atoms with Crippen molar-refractivity contribution in [2.45, 2.75) is 26.7 Å². The fourth-order valence-corrected chi connectivity index (χ4v) is 2.11. The molecular formula is C14H16F2N2. The molecule has 1 aromatic heterocycles. The Kier molecular flexibility index (Phi) is 3.45. The molecular weight excluding hydrogens is 234 g/mol. The third-order valence-corrected chi connectivity index (χ3v) is 3.01. The predicted octanol–water partition coefficient (Wildman–Crippen LogP) is 3.82. The van der Waals surface area contributed by atoms with Gasteiger partial charge in [-0.3, -0.25) is 0 Å². The highest BCUT2D eigenvalue weighted by Crippen LogP contribution is 2.27. The number of aromatic nitrogens is 1. The summed E-state index contributed by atoms with van der Waals surface area (Å²) < 4.78 is 27.8. The number of benzene rings is 1. The maximum atomic E-state index is 14.0. The molecule has 0 aliphatic heterocycles. The summed E-state index contributed by atoms with van der Waals surface area (Å²) in [6.07, 6.45) is 1.71. The van der Waals surface area contributed by atoms with Crippen molar-refractivity contribution in [3.63, 3.8) is 0 Å². The number of anilines is 1. The van der Waals surface area contributed by atoms with Crippen LogP contribution in [-0.4, -0.2) is 12.0 Å². The predicted molar refractivity (Wildman–Crippen MR) is 69.9 cm³/mol. The molecule has 1 aromatic carbocycles. The van der Waals surface area contributed by atoms with Gasteiger partial charge in [0, 0.05) is 12.4 Å². The molecule has 0 radical (unpaired) electrons. The van der Waals surface area contributed by atoms with Crippen LogP contribution >= 0.6 is 0 Å². The van der Waals surface area contributed by atoms with Crippen molar-refractivity contribution < 1.29 is 8.78 Å². The third-order valence-electron chi connectivity index (χ3n) is 3.01. The second-order valence-electron chi connectivity index (χ2n) is 4.38. The van der Waals surface area contributed by atoms with Crippen LogP contribution in [0.5, 0.6) is 0 Å². The summed E-state index contributed by atoms with van der Waals surface area (Å²) in [6.45, 7) is 3.60. The lowest BCUT2D eigenvalue weighted by molar-refractivity contribution is 0.607. The molecule has 4 heteroatoms. The van der Waals surface area contributed by atoms with Crippen molar-refractivity contribution in [3.05, 3.63) is 34.9 Å². The van der Waals surface area contributed by atoms with E-state index in [2.05, 4.69) is 10.3 Å². The minimum Gasteiger partial charge on any atom is -0.373 e. The van der Waals surface area contributed by atoms with E-state index in [1.165, 1.54) is 6.07 Å². The van der Waals surface area contributed by atoms with Crippen molar-refractivity contribution in [2.24, 2.45) is 0 Å². The minimum atomic E-state index is -0.483. The van der Waals surface area contributed by atoms with E-state index in [1.807, 2.05) is 6.92 Å². The van der Waals surface area contributed by atoms with Crippen molar-refractivity contribution in [1.29, 1.82) is 0 Å². The first-order valence-electron chi connectivity index (χ1n) is 6.04. The second kappa shape index (κ2) is 4.88. The van der Waals surface area contributed by atoms with Gasteiger partial charge >= 0.3 is 0 Å². The van der Waals surface area contributed by atoms with Crippen LogP contribution in [0.25, 0.3) is 10.9 Å². The average Bonchev–Trinajstić information content (AvgIpc) is 2.36. The highest BCUT2D eigenvalue weighted by molar-refractivity contribution is 5.83. The first-order valence-corrected chi connectivity index (χ1v) is 6.04. The molecule has 0 spiro atoms. The Bertz CT molecular complexity index is 594. The van der Waals surface area contributed by atoms with Gasteiger partial charge in [0.25, 0.3) is 0 Å². The molecule has 0 amide bonds. The fourth-order valence-electron chi connectivity index (χ4n) is 2.11. The van der Waals surface area contributed by atoms with E-state index in [4.69, 9.17) is 0 Å². The molecule has 0 fully saturated rings. The van der Waals surface area contributed by atoms with Gasteiger partial charge in [-0.05, 0) is 36.6 Å². The Labute approximate surface area is 105 Å². The smallest absolute Gasteiger partial charge is 0.149 e. The maximum absolute atomic E-state index is 14.0. The van der Waals surface area contributed by atoms with E-state index in [0.29, 0.717) is 11.4 Å². The Balaban J connectivity index is 2.78. The summed E-state index contributed by atoms with van der Waals surface area (Å²) in [6, 6.07) is 2.88. The molecule has 0 bridgehead atoms. The molecule has 1 heterocycles. The highest BCUT2D eigenvalue weighted by atomic mass is 19.1. The highest BCUT2D eigenvalue weighted by Gasteiger charge is 2.14. The van der Waals surface area contributed by atoms with Crippen molar-refractivity contribution in [3.8, 4) is 0 Å². The summed E-state index contributed by atoms with van der Waals surface area (Å²) in [4.78, 5) is 4.19. The van der Waals surface area contributed by atoms with Gasteiger partial charge in [-0.15, -0.1) is 0 Å². The van der Waals surface area contributed by atoms with Crippen LogP contribution < -0.4 is 5.32 Å². The molecule has 0 saturated carbocycles. The lowest BCUT2D eigenvalue weighted by Gasteiger charge is -2.11. The molecule has 0 atom stereocenters. The minimum absolute atomic E-state index is 0.0855. The van der Waals surface area contributed by atoms with Crippen LogP contribution in [0.3, 0.4) is 0 Å². The Morgan fingerprint density at radius 3 is 2.61 bits per heavy atom. The number of pyridine rings is 1. The average molecular weight is 250 g/mol. The Morgan fingerprint density at radius 1 is 1.28 bits per heavy atom. The lowest BCUT2D eigenvalue weighted by atomic mass is 10.0. The molecule has 1 N–H and O–H groups in total. The lowest BCUT2D eigenvalue weighted by Crippen LogP contribution is -2.02. The first-order chi connectivity index (χ1) is 8.58. The normalized spacial score (nSPS) is 10.9. The summed E-state index contributed by atoms with van der Waals surface area (Å²) in [5.74, 6) is -0.256. The number of nitrogens with one attached hydrogen (secondary N) is 1. The van der Waals surface area contributed by atoms with Gasteiger partial charge in [-0.25, -0.2) is 13.8 Å². The summed E-state index contributed by atoms with van der Waals surface area (Å²) in [5.41, 5.74) is 1.31. The van der Waals surface area contributed by atoms with Crippen molar-refractivity contribution in [1.82, 2.24) is 4.98 Å². The molecule has 0 unspecified atom stereocenters. The molecule has 18 heavy (non-hydrogen) atoms. The van der Waals surface area contributed by atoms with Crippen LogP contribution in [0, 0.1) is 18.6 Å². The van der Waals surface area contributed by atoms with E-state index in [-0.39, 0.29) is 16.7 Å². The quantitative estimate of drug-likeness (QED) is 0.895. The van der Waals surface area contributed by atoms with Crippen LogP contribution in [0.1, 0.15) is 24.5 Å². The van der Waals surface area contributed by atoms with Gasteiger partial charge in [-0.2, -0.15) is 0 Å². The van der Waals surface area contributed by atoms with Gasteiger partial charge in [0.05, 0.1) is 0 Å². The van der Waals surface area contributed by atoms with E-state index >= 15 is 0 Å². The van der Waals surface area contributed by atoms with E-state index in [0.717, 1.165) is 18.4 Å². The molecule has 0 aliphatic rings. The van der Waals surface area contributed by atoms with Crippen molar-refractivity contribution in [2.75, 3.05) is 12.4 Å². The van der Waals surface area contributed by atoms with Crippen molar-refractivity contribution >= 4 is 16.7 Å². The zero-order valence-corrected chi connectivity index (χ0v) is 10.8. The zero-order valence-electron chi connectivity index (χ0n) is 10.8. The number of hydrogen-bond donors (Lipinski definition) is 1. The number of nitrogens with zero attached hydrogens (tertiary/aromatic N) is 1. The fraction of sp³-hybridized carbons (Fsp3) is 0.357. The van der Waals surface area contributed by atoms with Gasteiger partial charge in [0.2, 0.25) is 0 Å². The van der Waals surface area contributed by atoms with Crippen LogP contribution in [0.4, 0.5) is 14.6 Å². The molecule has 2 aromatic rings. The standard InChI is InChI=1S/C14H16F2N2/c1-4-5-9-7-10-12(16)8(2)6-11(15)13(10)18-14(9)17-3/h6-7H,4-5H2,1-3H3,(H,17,18). The molecule has 0 saturated heterocycles. The number of aryl methyl sites for hydroxylation is 2. The van der Waals surface area contributed by atoms with Gasteiger partial charge in [0.15, 0.2) is 0 Å².